The molecule has 2 rings (SSSR count). The molecule has 0 radical (unpaired) electrons. The fourth-order valence-electron chi connectivity index (χ4n) is 2.19. The quantitative estimate of drug-likeness (QED) is 0.403. The molecular weight excluding hydrogens is 352 g/mol. The SMILES string of the molecule is C=CCOc1ccc(/C=C/C(=O)c2ccc(S(C)(=O)=O)cc2)cc1OC. The van der Waals surface area contributed by atoms with Crippen LogP contribution in [0.25, 0.3) is 6.08 Å². The molecule has 0 heterocycles. The minimum absolute atomic E-state index is 0.179. The second-order valence-electron chi connectivity index (χ2n) is 5.50. The third kappa shape index (κ3) is 5.07. The lowest BCUT2D eigenvalue weighted by Gasteiger charge is -2.09. The summed E-state index contributed by atoms with van der Waals surface area (Å²) < 4.78 is 33.7. The Morgan fingerprint density at radius 1 is 1.12 bits per heavy atom. The fourth-order valence-corrected chi connectivity index (χ4v) is 2.82. The van der Waals surface area contributed by atoms with E-state index in [0.29, 0.717) is 23.7 Å². The molecule has 26 heavy (non-hydrogen) atoms. The average Bonchev–Trinajstić information content (AvgIpc) is 2.64. The summed E-state index contributed by atoms with van der Waals surface area (Å²) in [6, 6.07) is 11.2. The van der Waals surface area contributed by atoms with E-state index in [9.17, 15) is 13.2 Å². The van der Waals surface area contributed by atoms with Gasteiger partial charge in [0.1, 0.15) is 6.61 Å². The van der Waals surface area contributed by atoms with Gasteiger partial charge < -0.3 is 9.47 Å². The highest BCUT2D eigenvalue weighted by atomic mass is 32.2. The summed E-state index contributed by atoms with van der Waals surface area (Å²) in [5.74, 6) is 0.919. The van der Waals surface area contributed by atoms with E-state index in [1.165, 1.54) is 37.5 Å². The molecular formula is C20H20O5S. The predicted octanol–water partition coefficient (Wildman–Crippen LogP) is 3.56. The summed E-state index contributed by atoms with van der Waals surface area (Å²) in [5, 5.41) is 0. The van der Waals surface area contributed by atoms with Crippen LogP contribution in [0.5, 0.6) is 11.5 Å². The highest BCUT2D eigenvalue weighted by Crippen LogP contribution is 2.28. The van der Waals surface area contributed by atoms with Crippen LogP contribution in [-0.4, -0.2) is 34.2 Å². The zero-order valence-electron chi connectivity index (χ0n) is 14.6. The topological polar surface area (TPSA) is 69.7 Å². The molecule has 136 valence electrons. The van der Waals surface area contributed by atoms with E-state index in [-0.39, 0.29) is 10.7 Å². The Morgan fingerprint density at radius 2 is 1.81 bits per heavy atom. The van der Waals surface area contributed by atoms with Crippen LogP contribution in [0.1, 0.15) is 15.9 Å². The number of carbonyl (C=O) groups excluding carboxylic acids is 1. The van der Waals surface area contributed by atoms with Gasteiger partial charge in [0.25, 0.3) is 0 Å². The lowest BCUT2D eigenvalue weighted by molar-refractivity contribution is 0.104. The van der Waals surface area contributed by atoms with Crippen LogP contribution in [0.3, 0.4) is 0 Å². The predicted molar refractivity (Wildman–Crippen MR) is 102 cm³/mol. The zero-order chi connectivity index (χ0) is 19.2. The molecule has 5 nitrogen and oxygen atoms in total. The van der Waals surface area contributed by atoms with Gasteiger partial charge >= 0.3 is 0 Å². The molecule has 0 amide bonds. The number of carbonyl (C=O) groups is 1. The summed E-state index contributed by atoms with van der Waals surface area (Å²) in [7, 11) is -1.74. The fraction of sp³-hybridized carbons (Fsp3) is 0.150. The van der Waals surface area contributed by atoms with Gasteiger partial charge in [0.05, 0.1) is 12.0 Å². The number of ether oxygens (including phenoxy) is 2. The molecule has 2 aromatic rings. The van der Waals surface area contributed by atoms with Crippen LogP contribution in [0, 0.1) is 0 Å². The number of rotatable bonds is 8. The second-order valence-corrected chi connectivity index (χ2v) is 7.52. The van der Waals surface area contributed by atoms with Crippen molar-refractivity contribution in [1.82, 2.24) is 0 Å². The van der Waals surface area contributed by atoms with Gasteiger partial charge in [-0.25, -0.2) is 8.42 Å². The first-order valence-electron chi connectivity index (χ1n) is 7.79. The third-order valence-corrected chi connectivity index (χ3v) is 4.67. The molecule has 0 spiro atoms. The van der Waals surface area contributed by atoms with Crippen molar-refractivity contribution in [2.45, 2.75) is 4.90 Å². The molecule has 0 aromatic heterocycles. The van der Waals surface area contributed by atoms with Crippen molar-refractivity contribution in [1.29, 1.82) is 0 Å². The third-order valence-electron chi connectivity index (χ3n) is 3.54. The maximum Gasteiger partial charge on any atom is 0.185 e. The molecule has 0 atom stereocenters. The van der Waals surface area contributed by atoms with E-state index in [1.807, 2.05) is 0 Å². The lowest BCUT2D eigenvalue weighted by Crippen LogP contribution is -1.99. The van der Waals surface area contributed by atoms with Gasteiger partial charge in [-0.3, -0.25) is 4.79 Å². The molecule has 2 aromatic carbocycles. The van der Waals surface area contributed by atoms with E-state index in [1.54, 1.807) is 30.4 Å². The standard InChI is InChI=1S/C20H20O5S/c1-4-13-25-19-12-6-15(14-20(19)24-2)5-11-18(21)16-7-9-17(10-8-16)26(3,22)23/h4-12,14H,1,13H2,2-3H3/b11-5+. The molecule has 0 aliphatic rings. The average molecular weight is 372 g/mol. The Labute approximate surface area is 153 Å². The van der Waals surface area contributed by atoms with Gasteiger partial charge in [0.2, 0.25) is 0 Å². The number of methoxy groups -OCH3 is 1. The normalized spacial score (nSPS) is 11.3. The lowest BCUT2D eigenvalue weighted by atomic mass is 10.1. The number of hydrogen-bond acceptors (Lipinski definition) is 5. The zero-order valence-corrected chi connectivity index (χ0v) is 15.5. The molecule has 0 aliphatic heterocycles. The second kappa shape index (κ2) is 8.49. The van der Waals surface area contributed by atoms with Crippen LogP contribution < -0.4 is 9.47 Å². The minimum Gasteiger partial charge on any atom is -0.493 e. The van der Waals surface area contributed by atoms with E-state index in [0.717, 1.165) is 11.8 Å². The number of sulfone groups is 1. The van der Waals surface area contributed by atoms with Crippen molar-refractivity contribution in [3.05, 3.63) is 72.3 Å². The van der Waals surface area contributed by atoms with Crippen molar-refractivity contribution < 1.29 is 22.7 Å². The van der Waals surface area contributed by atoms with Gasteiger partial charge in [-0.1, -0.05) is 24.8 Å². The Balaban J connectivity index is 2.15. The summed E-state index contributed by atoms with van der Waals surface area (Å²) in [6.07, 6.45) is 5.85. The van der Waals surface area contributed by atoms with Gasteiger partial charge in [0.15, 0.2) is 27.1 Å². The van der Waals surface area contributed by atoms with E-state index >= 15 is 0 Å². The first-order chi connectivity index (χ1) is 12.3. The molecule has 6 heteroatoms. The van der Waals surface area contributed by atoms with Crippen LogP contribution in [0.2, 0.25) is 0 Å². The molecule has 0 bridgehead atoms. The van der Waals surface area contributed by atoms with Crippen LogP contribution >= 0.6 is 0 Å². The van der Waals surface area contributed by atoms with Crippen LogP contribution in [0.4, 0.5) is 0 Å². The van der Waals surface area contributed by atoms with Crippen LogP contribution in [-0.2, 0) is 9.84 Å². The molecule has 0 fully saturated rings. The van der Waals surface area contributed by atoms with Crippen molar-refractivity contribution in [2.24, 2.45) is 0 Å². The van der Waals surface area contributed by atoms with Gasteiger partial charge in [-0.2, -0.15) is 0 Å². The van der Waals surface area contributed by atoms with E-state index in [2.05, 4.69) is 6.58 Å². The maximum atomic E-state index is 12.2. The summed E-state index contributed by atoms with van der Waals surface area (Å²) in [6.45, 7) is 3.97. The largest absolute Gasteiger partial charge is 0.493 e. The van der Waals surface area contributed by atoms with Gasteiger partial charge in [-0.05, 0) is 48.0 Å². The van der Waals surface area contributed by atoms with Crippen molar-refractivity contribution in [2.75, 3.05) is 20.0 Å². The van der Waals surface area contributed by atoms with E-state index < -0.39 is 9.84 Å². The first-order valence-corrected chi connectivity index (χ1v) is 9.68. The summed E-state index contributed by atoms with van der Waals surface area (Å²) >= 11 is 0. The number of ketones is 1. The van der Waals surface area contributed by atoms with Gasteiger partial charge in [-0.15, -0.1) is 0 Å². The first kappa shape index (κ1) is 19.5. The summed E-state index contributed by atoms with van der Waals surface area (Å²) in [5.41, 5.74) is 1.18. The van der Waals surface area contributed by atoms with E-state index in [4.69, 9.17) is 9.47 Å². The highest BCUT2D eigenvalue weighted by Gasteiger charge is 2.09. The van der Waals surface area contributed by atoms with Crippen molar-refractivity contribution >= 4 is 21.7 Å². The number of hydrogen-bond donors (Lipinski definition) is 0. The Hall–Kier alpha value is -2.86. The Kier molecular flexibility index (Phi) is 6.36. The van der Waals surface area contributed by atoms with Crippen molar-refractivity contribution in [3.63, 3.8) is 0 Å². The smallest absolute Gasteiger partial charge is 0.185 e. The maximum absolute atomic E-state index is 12.2. The monoisotopic (exact) mass is 372 g/mol. The van der Waals surface area contributed by atoms with Crippen LogP contribution in [0.15, 0.2) is 66.1 Å². The summed E-state index contributed by atoms with van der Waals surface area (Å²) in [4.78, 5) is 12.4. The minimum atomic E-state index is -3.28. The molecule has 0 aliphatic carbocycles. The van der Waals surface area contributed by atoms with Crippen molar-refractivity contribution in [3.8, 4) is 11.5 Å². The number of allylic oxidation sites excluding steroid dienone is 1. The molecule has 0 saturated carbocycles. The molecule has 0 saturated heterocycles. The highest BCUT2D eigenvalue weighted by molar-refractivity contribution is 7.90. The molecule has 0 N–H and O–H groups in total. The Morgan fingerprint density at radius 3 is 2.38 bits per heavy atom. The Bertz CT molecular complexity index is 925. The molecule has 0 unspecified atom stereocenters. The number of benzene rings is 2. The van der Waals surface area contributed by atoms with Gasteiger partial charge in [0, 0.05) is 11.8 Å².